The molecule has 2 heterocycles. The number of rotatable bonds is 6. The maximum atomic E-state index is 13.3. The molecule has 0 saturated carbocycles. The summed E-state index contributed by atoms with van der Waals surface area (Å²) in [6.45, 7) is 5.50. The molecule has 202 valence electrons. The summed E-state index contributed by atoms with van der Waals surface area (Å²) >= 11 is 0. The van der Waals surface area contributed by atoms with E-state index in [0.717, 1.165) is 18.4 Å². The third-order valence-electron chi connectivity index (χ3n) is 7.50. The molecular formula is C28H35N5O4S. The number of hydrogen-bond donors (Lipinski definition) is 2. The van der Waals surface area contributed by atoms with Gasteiger partial charge in [-0.3, -0.25) is 4.79 Å². The Morgan fingerprint density at radius 2 is 1.76 bits per heavy atom. The molecule has 1 unspecified atom stereocenters. The van der Waals surface area contributed by atoms with E-state index in [-0.39, 0.29) is 24.2 Å². The van der Waals surface area contributed by atoms with Gasteiger partial charge in [0, 0.05) is 43.5 Å². The molecule has 10 heteroatoms. The Morgan fingerprint density at radius 1 is 1.05 bits per heavy atom. The summed E-state index contributed by atoms with van der Waals surface area (Å²) in [6.07, 6.45) is 3.10. The van der Waals surface area contributed by atoms with Crippen LogP contribution >= 0.6 is 0 Å². The van der Waals surface area contributed by atoms with Crippen LogP contribution in [0.1, 0.15) is 65.6 Å². The average molecular weight is 538 g/mol. The van der Waals surface area contributed by atoms with Crippen molar-refractivity contribution in [3.8, 4) is 6.07 Å². The van der Waals surface area contributed by atoms with E-state index in [1.54, 1.807) is 19.1 Å². The smallest absolute Gasteiger partial charge is 0.319 e. The van der Waals surface area contributed by atoms with Gasteiger partial charge in [0.1, 0.15) is 0 Å². The molecule has 3 amide bonds. The van der Waals surface area contributed by atoms with E-state index in [2.05, 4.69) is 16.7 Å². The van der Waals surface area contributed by atoms with Gasteiger partial charge in [-0.25, -0.2) is 13.2 Å². The Labute approximate surface area is 224 Å². The number of aryl methyl sites for hydroxylation is 1. The molecule has 0 spiro atoms. The van der Waals surface area contributed by atoms with Gasteiger partial charge in [-0.1, -0.05) is 18.2 Å². The number of hydrogen-bond acceptors (Lipinski definition) is 5. The summed E-state index contributed by atoms with van der Waals surface area (Å²) in [4.78, 5) is 27.8. The maximum absolute atomic E-state index is 13.3. The Hall–Kier alpha value is -3.42. The number of nitriles is 1. The zero-order valence-electron chi connectivity index (χ0n) is 21.9. The third kappa shape index (κ3) is 6.52. The summed E-state index contributed by atoms with van der Waals surface area (Å²) in [7, 11) is -3.30. The second-order valence-corrected chi connectivity index (χ2v) is 12.3. The number of carbonyl (C=O) groups is 2. The minimum atomic E-state index is -3.30. The molecule has 38 heavy (non-hydrogen) atoms. The fourth-order valence-electron chi connectivity index (χ4n) is 5.16. The molecule has 0 aliphatic carbocycles. The first kappa shape index (κ1) is 27.6. The highest BCUT2D eigenvalue weighted by molar-refractivity contribution is 7.89. The molecule has 2 aromatic carbocycles. The maximum Gasteiger partial charge on any atom is 0.319 e. The fourth-order valence-corrected chi connectivity index (χ4v) is 6.34. The first-order chi connectivity index (χ1) is 18.2. The third-order valence-corrected chi connectivity index (χ3v) is 9.35. The SMILES string of the molecule is CCS(=O)(=O)N1CCCC(NC(=O)Nc2cc(C(=O)N3CCC(c4ccc(C#N)cc4)CC3)ccc2C)C1. The number of sulfonamides is 1. The van der Waals surface area contributed by atoms with Crippen LogP contribution in [0.2, 0.25) is 0 Å². The Kier molecular flexibility index (Phi) is 8.69. The standard InChI is InChI=1S/C28H35N5O4S/c1-3-38(36,37)33-14-4-5-25(19-33)30-28(35)31-26-17-24(9-6-20(26)2)27(34)32-15-12-23(13-16-32)22-10-7-21(18-29)8-11-22/h6-11,17,23,25H,3-5,12-16,19H2,1-2H3,(H2,30,31,35). The molecule has 0 aromatic heterocycles. The van der Waals surface area contributed by atoms with Crippen LogP contribution < -0.4 is 10.6 Å². The average Bonchev–Trinajstić information content (AvgIpc) is 2.94. The summed E-state index contributed by atoms with van der Waals surface area (Å²) < 4.78 is 25.9. The van der Waals surface area contributed by atoms with Crippen LogP contribution in [-0.4, -0.2) is 67.5 Å². The largest absolute Gasteiger partial charge is 0.339 e. The van der Waals surface area contributed by atoms with E-state index in [9.17, 15) is 18.0 Å². The number of carbonyl (C=O) groups excluding carboxylic acids is 2. The highest BCUT2D eigenvalue weighted by Gasteiger charge is 2.29. The van der Waals surface area contributed by atoms with Crippen LogP contribution in [0.15, 0.2) is 42.5 Å². The minimum Gasteiger partial charge on any atom is -0.339 e. The van der Waals surface area contributed by atoms with E-state index in [1.165, 1.54) is 9.87 Å². The Bertz CT molecular complexity index is 1310. The van der Waals surface area contributed by atoms with Gasteiger partial charge in [-0.2, -0.15) is 9.57 Å². The lowest BCUT2D eigenvalue weighted by molar-refractivity contribution is 0.0713. The molecule has 2 aliphatic heterocycles. The first-order valence-electron chi connectivity index (χ1n) is 13.2. The van der Waals surface area contributed by atoms with Gasteiger partial charge >= 0.3 is 6.03 Å². The van der Waals surface area contributed by atoms with Crippen LogP contribution in [0.3, 0.4) is 0 Å². The van der Waals surface area contributed by atoms with Crippen LogP contribution in [0.5, 0.6) is 0 Å². The van der Waals surface area contributed by atoms with Gasteiger partial charge in [-0.05, 0) is 80.8 Å². The highest BCUT2D eigenvalue weighted by atomic mass is 32.2. The predicted molar refractivity (Wildman–Crippen MR) is 146 cm³/mol. The number of anilines is 1. The number of urea groups is 1. The molecule has 1 atom stereocenters. The van der Waals surface area contributed by atoms with Gasteiger partial charge in [0.05, 0.1) is 17.4 Å². The van der Waals surface area contributed by atoms with Crippen LogP contribution in [0.4, 0.5) is 10.5 Å². The second-order valence-electron chi connectivity index (χ2n) is 10.0. The van der Waals surface area contributed by atoms with Crippen molar-refractivity contribution >= 4 is 27.6 Å². The zero-order valence-corrected chi connectivity index (χ0v) is 22.8. The number of nitrogens with one attached hydrogen (secondary N) is 2. The van der Waals surface area contributed by atoms with Gasteiger partial charge in [0.2, 0.25) is 10.0 Å². The Morgan fingerprint density at radius 3 is 2.42 bits per heavy atom. The van der Waals surface area contributed by atoms with Crippen LogP contribution in [0, 0.1) is 18.3 Å². The number of amides is 3. The van der Waals surface area contributed by atoms with Crippen molar-refractivity contribution in [3.63, 3.8) is 0 Å². The van der Waals surface area contributed by atoms with Gasteiger partial charge in [0.25, 0.3) is 5.91 Å². The first-order valence-corrected chi connectivity index (χ1v) is 14.8. The monoisotopic (exact) mass is 537 g/mol. The van der Waals surface area contributed by atoms with Crippen molar-refractivity contribution in [1.29, 1.82) is 5.26 Å². The molecule has 0 bridgehead atoms. The topological polar surface area (TPSA) is 123 Å². The van der Waals surface area contributed by atoms with Crippen LogP contribution in [0.25, 0.3) is 0 Å². The molecule has 2 fully saturated rings. The van der Waals surface area contributed by atoms with Gasteiger partial charge in [-0.15, -0.1) is 0 Å². The molecule has 2 aliphatic rings. The summed E-state index contributed by atoms with van der Waals surface area (Å²) in [6, 6.07) is 14.4. The lowest BCUT2D eigenvalue weighted by atomic mass is 9.89. The molecular weight excluding hydrogens is 502 g/mol. The number of nitrogens with zero attached hydrogens (tertiary/aromatic N) is 3. The van der Waals surface area contributed by atoms with Crippen molar-refractivity contribution in [1.82, 2.24) is 14.5 Å². The summed E-state index contributed by atoms with van der Waals surface area (Å²) in [5, 5.41) is 14.7. The normalized spacial score (nSPS) is 19.0. The minimum absolute atomic E-state index is 0.0407. The zero-order chi connectivity index (χ0) is 27.3. The lowest BCUT2D eigenvalue weighted by Crippen LogP contribution is -2.50. The van der Waals surface area contributed by atoms with E-state index < -0.39 is 16.1 Å². The Balaban J connectivity index is 1.34. The van der Waals surface area contributed by atoms with E-state index in [1.807, 2.05) is 42.2 Å². The van der Waals surface area contributed by atoms with Crippen molar-refractivity contribution in [3.05, 3.63) is 64.7 Å². The molecule has 2 N–H and O–H groups in total. The number of benzene rings is 2. The predicted octanol–water partition coefficient (Wildman–Crippen LogP) is 3.82. The lowest BCUT2D eigenvalue weighted by Gasteiger charge is -2.32. The summed E-state index contributed by atoms with van der Waals surface area (Å²) in [5.74, 6) is 0.326. The molecule has 2 aromatic rings. The van der Waals surface area contributed by atoms with Gasteiger partial charge < -0.3 is 15.5 Å². The molecule has 9 nitrogen and oxygen atoms in total. The summed E-state index contributed by atoms with van der Waals surface area (Å²) in [5.41, 5.74) is 3.73. The van der Waals surface area contributed by atoms with Gasteiger partial charge in [0.15, 0.2) is 0 Å². The van der Waals surface area contributed by atoms with Crippen molar-refractivity contribution in [2.75, 3.05) is 37.2 Å². The number of piperidine rings is 2. The quantitative estimate of drug-likeness (QED) is 0.580. The van der Waals surface area contributed by atoms with Crippen molar-refractivity contribution in [2.24, 2.45) is 0 Å². The second kappa shape index (κ2) is 12.0. The molecule has 0 radical (unpaired) electrons. The molecule has 4 rings (SSSR count). The van der Waals surface area contributed by atoms with E-state index in [0.29, 0.717) is 55.2 Å². The highest BCUT2D eigenvalue weighted by Crippen LogP contribution is 2.29. The van der Waals surface area contributed by atoms with Crippen molar-refractivity contribution in [2.45, 2.75) is 51.5 Å². The fraction of sp³-hybridized carbons (Fsp3) is 0.464. The van der Waals surface area contributed by atoms with E-state index >= 15 is 0 Å². The van der Waals surface area contributed by atoms with Crippen LogP contribution in [-0.2, 0) is 10.0 Å². The number of likely N-dealkylation sites (tertiary alicyclic amines) is 1. The van der Waals surface area contributed by atoms with Crippen molar-refractivity contribution < 1.29 is 18.0 Å². The molecule has 2 saturated heterocycles. The van der Waals surface area contributed by atoms with E-state index in [4.69, 9.17) is 5.26 Å².